The molecule has 0 aliphatic rings. The van der Waals surface area contributed by atoms with Crippen LogP contribution in [0, 0.1) is 0 Å². The third-order valence-corrected chi connectivity index (χ3v) is 7.12. The first-order valence-electron chi connectivity index (χ1n) is 10.3. The van der Waals surface area contributed by atoms with Crippen molar-refractivity contribution in [2.75, 3.05) is 14.1 Å². The molecule has 4 rings (SSSR count). The molecular formula is C25H24N2O5S. The summed E-state index contributed by atoms with van der Waals surface area (Å²) in [6.07, 6.45) is 0. The number of sulfonamides is 1. The number of nitrogens with zero attached hydrogens (tertiary/aromatic N) is 1. The van der Waals surface area contributed by atoms with E-state index in [-0.39, 0.29) is 23.8 Å². The zero-order valence-corrected chi connectivity index (χ0v) is 19.1. The number of nitrogens with one attached hydrogen (secondary N) is 1. The largest absolute Gasteiger partial charge is 0.489 e. The number of carbonyl (C=O) groups excluding carboxylic acids is 1. The van der Waals surface area contributed by atoms with Crippen LogP contribution in [0.15, 0.2) is 88.2 Å². The number of hydrogen-bond donors (Lipinski definition) is 1. The van der Waals surface area contributed by atoms with Crippen molar-refractivity contribution in [3.63, 3.8) is 0 Å². The van der Waals surface area contributed by atoms with Gasteiger partial charge in [-0.3, -0.25) is 4.79 Å². The monoisotopic (exact) mass is 464 g/mol. The minimum atomic E-state index is -3.65. The summed E-state index contributed by atoms with van der Waals surface area (Å²) >= 11 is 0. The fourth-order valence-electron chi connectivity index (χ4n) is 3.45. The van der Waals surface area contributed by atoms with Crippen LogP contribution in [-0.4, -0.2) is 32.7 Å². The molecule has 1 amide bonds. The molecule has 0 atom stereocenters. The lowest BCUT2D eigenvalue weighted by Crippen LogP contribution is -2.27. The van der Waals surface area contributed by atoms with Crippen LogP contribution in [0.25, 0.3) is 11.0 Å². The summed E-state index contributed by atoms with van der Waals surface area (Å²) in [5.74, 6) is 0.368. The van der Waals surface area contributed by atoms with Gasteiger partial charge in [0.2, 0.25) is 10.0 Å². The molecule has 0 saturated carbocycles. The number of ether oxygens (including phenoxy) is 1. The molecule has 1 aromatic heterocycles. The molecule has 0 unspecified atom stereocenters. The molecule has 0 fully saturated rings. The highest BCUT2D eigenvalue weighted by Crippen LogP contribution is 2.27. The Hall–Kier alpha value is -3.62. The first kappa shape index (κ1) is 22.6. The van der Waals surface area contributed by atoms with E-state index in [0.717, 1.165) is 9.69 Å². The molecule has 0 saturated heterocycles. The lowest BCUT2D eigenvalue weighted by atomic mass is 10.1. The zero-order valence-electron chi connectivity index (χ0n) is 18.3. The van der Waals surface area contributed by atoms with E-state index in [9.17, 15) is 13.2 Å². The number of hydrogen-bond acceptors (Lipinski definition) is 5. The Bertz CT molecular complexity index is 1380. The van der Waals surface area contributed by atoms with Crippen LogP contribution in [0.5, 0.6) is 5.75 Å². The fourth-order valence-corrected chi connectivity index (χ4v) is 4.57. The van der Waals surface area contributed by atoms with Crippen LogP contribution in [0.2, 0.25) is 0 Å². The molecule has 170 valence electrons. The van der Waals surface area contributed by atoms with E-state index in [1.165, 1.54) is 20.2 Å². The summed E-state index contributed by atoms with van der Waals surface area (Å²) in [4.78, 5) is 13.2. The normalized spacial score (nSPS) is 11.6. The minimum Gasteiger partial charge on any atom is -0.489 e. The topological polar surface area (TPSA) is 88.9 Å². The maximum atomic E-state index is 13.1. The van der Waals surface area contributed by atoms with Crippen molar-refractivity contribution in [1.82, 2.24) is 9.62 Å². The molecule has 7 nitrogen and oxygen atoms in total. The van der Waals surface area contributed by atoms with Gasteiger partial charge in [0, 0.05) is 31.6 Å². The Kier molecular flexibility index (Phi) is 6.48. The van der Waals surface area contributed by atoms with Gasteiger partial charge in [0.15, 0.2) is 5.76 Å². The Labute approximate surface area is 192 Å². The van der Waals surface area contributed by atoms with E-state index in [2.05, 4.69) is 5.32 Å². The summed E-state index contributed by atoms with van der Waals surface area (Å²) in [6.45, 7) is 0.174. The maximum absolute atomic E-state index is 13.1. The van der Waals surface area contributed by atoms with Crippen molar-refractivity contribution in [2.24, 2.45) is 0 Å². The standard InChI is InChI=1S/C25H24N2O5S/c1-27(2)33(29,30)23-15-9-6-10-18(23)16-26-25(28)24-21(17-31-19-11-4-3-5-12-19)20-13-7-8-14-22(20)32-24/h3-15H,16-17H2,1-2H3,(H,26,28). The van der Waals surface area contributed by atoms with Gasteiger partial charge >= 0.3 is 0 Å². The quantitative estimate of drug-likeness (QED) is 0.422. The minimum absolute atomic E-state index is 0.0259. The summed E-state index contributed by atoms with van der Waals surface area (Å²) in [5.41, 5.74) is 1.68. The van der Waals surface area contributed by atoms with Crippen molar-refractivity contribution in [2.45, 2.75) is 18.0 Å². The van der Waals surface area contributed by atoms with Gasteiger partial charge in [-0.25, -0.2) is 12.7 Å². The Morgan fingerprint density at radius 2 is 1.61 bits per heavy atom. The zero-order chi connectivity index (χ0) is 23.4. The predicted octanol–water partition coefficient (Wildman–Crippen LogP) is 4.19. The number of carbonyl (C=O) groups is 1. The van der Waals surface area contributed by atoms with Crippen molar-refractivity contribution in [3.05, 3.63) is 95.7 Å². The van der Waals surface area contributed by atoms with Gasteiger partial charge in [0.1, 0.15) is 17.9 Å². The summed E-state index contributed by atoms with van der Waals surface area (Å²) in [7, 11) is -0.709. The second kappa shape index (κ2) is 9.48. The van der Waals surface area contributed by atoms with E-state index >= 15 is 0 Å². The van der Waals surface area contributed by atoms with Gasteiger partial charge in [-0.2, -0.15) is 0 Å². The third kappa shape index (κ3) is 4.76. The first-order chi connectivity index (χ1) is 15.9. The van der Waals surface area contributed by atoms with E-state index in [1.54, 1.807) is 24.3 Å². The van der Waals surface area contributed by atoms with Gasteiger partial charge < -0.3 is 14.5 Å². The number of benzene rings is 3. The highest BCUT2D eigenvalue weighted by Gasteiger charge is 2.23. The second-order valence-electron chi connectivity index (χ2n) is 7.59. The molecule has 0 radical (unpaired) electrons. The molecule has 0 aliphatic heterocycles. The van der Waals surface area contributed by atoms with Crippen molar-refractivity contribution in [1.29, 1.82) is 0 Å². The summed E-state index contributed by atoms with van der Waals surface area (Å²) < 4.78 is 38.2. The van der Waals surface area contributed by atoms with Crippen LogP contribution in [0.1, 0.15) is 21.7 Å². The van der Waals surface area contributed by atoms with Crippen LogP contribution in [0.3, 0.4) is 0 Å². The maximum Gasteiger partial charge on any atom is 0.287 e. The lowest BCUT2D eigenvalue weighted by molar-refractivity contribution is 0.0921. The van der Waals surface area contributed by atoms with Gasteiger partial charge in [0.05, 0.1) is 4.90 Å². The molecular weight excluding hydrogens is 440 g/mol. The highest BCUT2D eigenvalue weighted by molar-refractivity contribution is 7.89. The number of furan rings is 1. The Balaban J connectivity index is 1.60. The van der Waals surface area contributed by atoms with E-state index in [1.807, 2.05) is 48.5 Å². The highest BCUT2D eigenvalue weighted by atomic mass is 32.2. The summed E-state index contributed by atoms with van der Waals surface area (Å²) in [5, 5.41) is 3.58. The molecule has 0 spiro atoms. The molecule has 1 N–H and O–H groups in total. The Morgan fingerprint density at radius 3 is 2.36 bits per heavy atom. The molecule has 8 heteroatoms. The van der Waals surface area contributed by atoms with Crippen molar-refractivity contribution < 1.29 is 22.4 Å². The van der Waals surface area contributed by atoms with Crippen molar-refractivity contribution >= 4 is 26.9 Å². The van der Waals surface area contributed by atoms with E-state index in [0.29, 0.717) is 22.5 Å². The average molecular weight is 465 g/mol. The molecule has 4 aromatic rings. The average Bonchev–Trinajstić information content (AvgIpc) is 3.20. The van der Waals surface area contributed by atoms with E-state index in [4.69, 9.17) is 9.15 Å². The Morgan fingerprint density at radius 1 is 0.939 bits per heavy atom. The van der Waals surface area contributed by atoms with Crippen LogP contribution in [-0.2, 0) is 23.2 Å². The second-order valence-corrected chi connectivity index (χ2v) is 9.71. The lowest BCUT2D eigenvalue weighted by Gasteiger charge is -2.15. The molecule has 1 heterocycles. The van der Waals surface area contributed by atoms with Crippen LogP contribution in [0.4, 0.5) is 0 Å². The third-order valence-electron chi connectivity index (χ3n) is 5.20. The molecule has 33 heavy (non-hydrogen) atoms. The van der Waals surface area contributed by atoms with Gasteiger partial charge in [-0.15, -0.1) is 0 Å². The van der Waals surface area contributed by atoms with Crippen LogP contribution >= 0.6 is 0 Å². The number of fused-ring (bicyclic) bond motifs is 1. The fraction of sp³-hybridized carbons (Fsp3) is 0.160. The van der Waals surface area contributed by atoms with Gasteiger partial charge in [0.25, 0.3) is 5.91 Å². The number of para-hydroxylation sites is 2. The van der Waals surface area contributed by atoms with Crippen LogP contribution < -0.4 is 10.1 Å². The van der Waals surface area contributed by atoms with Crippen molar-refractivity contribution in [3.8, 4) is 5.75 Å². The van der Waals surface area contributed by atoms with Gasteiger partial charge in [-0.05, 0) is 29.8 Å². The molecule has 0 aliphatic carbocycles. The number of rotatable bonds is 8. The summed E-state index contributed by atoms with van der Waals surface area (Å²) in [6, 6.07) is 23.3. The number of amides is 1. The molecule has 0 bridgehead atoms. The smallest absolute Gasteiger partial charge is 0.287 e. The SMILES string of the molecule is CN(C)S(=O)(=O)c1ccccc1CNC(=O)c1oc2ccccc2c1COc1ccccc1. The van der Waals surface area contributed by atoms with E-state index < -0.39 is 15.9 Å². The first-order valence-corrected chi connectivity index (χ1v) is 11.8. The predicted molar refractivity (Wildman–Crippen MR) is 125 cm³/mol. The van der Waals surface area contributed by atoms with Gasteiger partial charge in [-0.1, -0.05) is 54.6 Å². The molecule has 3 aromatic carbocycles.